The van der Waals surface area contributed by atoms with Crippen molar-refractivity contribution in [2.45, 2.75) is 38.8 Å². The van der Waals surface area contributed by atoms with Crippen LogP contribution in [0.4, 0.5) is 0 Å². The number of nitrogens with zero attached hydrogens (tertiary/aromatic N) is 4. The Balaban J connectivity index is 1.48. The highest BCUT2D eigenvalue weighted by atomic mass is 35.5. The Hall–Kier alpha value is -1.49. The summed E-state index contributed by atoms with van der Waals surface area (Å²) in [6, 6.07) is 5.84. The summed E-state index contributed by atoms with van der Waals surface area (Å²) in [5.74, 6) is 0.830. The number of aliphatic imine (C=N–C) groups is 1. The first-order chi connectivity index (χ1) is 12.2. The molecule has 25 heavy (non-hydrogen) atoms. The lowest BCUT2D eigenvalue weighted by molar-refractivity contribution is 0.243. The standard InChI is InChI=1S/C19H20Cl2N4/c20-15-5-4-13(9-16(15)21)11-25-8-6-17-14(12-25)10-23-19(24-17)18-3-1-2-7-22-18/h4-5,9-10H,1-3,6-8,11-12H2. The van der Waals surface area contributed by atoms with Crippen molar-refractivity contribution in [1.82, 2.24) is 14.9 Å². The van der Waals surface area contributed by atoms with Gasteiger partial charge in [0.1, 0.15) is 0 Å². The molecule has 0 unspecified atom stereocenters. The number of hydrogen-bond donors (Lipinski definition) is 0. The molecule has 0 fully saturated rings. The summed E-state index contributed by atoms with van der Waals surface area (Å²) < 4.78 is 0. The van der Waals surface area contributed by atoms with Crippen molar-refractivity contribution in [3.63, 3.8) is 0 Å². The van der Waals surface area contributed by atoms with E-state index in [0.717, 1.165) is 50.6 Å². The average molecular weight is 375 g/mol. The predicted molar refractivity (Wildman–Crippen MR) is 102 cm³/mol. The van der Waals surface area contributed by atoms with Crippen LogP contribution in [-0.2, 0) is 19.5 Å². The van der Waals surface area contributed by atoms with Gasteiger partial charge in [0, 0.05) is 44.4 Å². The van der Waals surface area contributed by atoms with Gasteiger partial charge in [0.2, 0.25) is 0 Å². The van der Waals surface area contributed by atoms with Crippen LogP contribution < -0.4 is 0 Å². The van der Waals surface area contributed by atoms with Crippen molar-refractivity contribution >= 4 is 28.9 Å². The Morgan fingerprint density at radius 1 is 1.08 bits per heavy atom. The van der Waals surface area contributed by atoms with Crippen molar-refractivity contribution in [2.24, 2.45) is 4.99 Å². The van der Waals surface area contributed by atoms with Crippen LogP contribution in [0, 0.1) is 0 Å². The van der Waals surface area contributed by atoms with E-state index in [9.17, 15) is 0 Å². The SMILES string of the molecule is Clc1ccc(CN2CCc3nc(C4=NCCCC4)ncc3C2)cc1Cl. The van der Waals surface area contributed by atoms with Crippen LogP contribution in [0.3, 0.4) is 0 Å². The molecule has 0 N–H and O–H groups in total. The Bertz CT molecular complexity index is 819. The number of halogens is 2. The molecule has 1 aromatic carbocycles. The molecule has 0 spiro atoms. The van der Waals surface area contributed by atoms with Crippen molar-refractivity contribution in [1.29, 1.82) is 0 Å². The average Bonchev–Trinajstić information content (AvgIpc) is 2.65. The molecule has 0 bridgehead atoms. The third-order valence-electron chi connectivity index (χ3n) is 4.79. The molecule has 0 saturated heterocycles. The van der Waals surface area contributed by atoms with Gasteiger partial charge < -0.3 is 0 Å². The lowest BCUT2D eigenvalue weighted by atomic mass is 10.0. The highest BCUT2D eigenvalue weighted by Gasteiger charge is 2.20. The zero-order valence-corrected chi connectivity index (χ0v) is 15.5. The fourth-order valence-electron chi connectivity index (χ4n) is 3.42. The number of hydrogen-bond acceptors (Lipinski definition) is 4. The first-order valence-electron chi connectivity index (χ1n) is 8.74. The smallest absolute Gasteiger partial charge is 0.173 e. The predicted octanol–water partition coefficient (Wildman–Crippen LogP) is 4.31. The highest BCUT2D eigenvalue weighted by Crippen LogP contribution is 2.25. The first-order valence-corrected chi connectivity index (χ1v) is 9.49. The van der Waals surface area contributed by atoms with E-state index in [2.05, 4.69) is 14.9 Å². The molecule has 2 aliphatic heterocycles. The zero-order valence-electron chi connectivity index (χ0n) is 14.0. The van der Waals surface area contributed by atoms with Crippen LogP contribution in [0.15, 0.2) is 29.4 Å². The van der Waals surface area contributed by atoms with Crippen LogP contribution in [0.2, 0.25) is 10.0 Å². The van der Waals surface area contributed by atoms with E-state index in [0.29, 0.717) is 10.0 Å². The molecule has 3 heterocycles. The molecule has 6 heteroatoms. The topological polar surface area (TPSA) is 41.4 Å². The summed E-state index contributed by atoms with van der Waals surface area (Å²) in [6.45, 7) is 3.61. The monoisotopic (exact) mass is 374 g/mol. The Morgan fingerprint density at radius 3 is 2.80 bits per heavy atom. The van der Waals surface area contributed by atoms with Crippen LogP contribution in [-0.4, -0.2) is 33.7 Å². The van der Waals surface area contributed by atoms with Crippen LogP contribution >= 0.6 is 23.2 Å². The van der Waals surface area contributed by atoms with Gasteiger partial charge in [-0.05, 0) is 37.0 Å². The lowest BCUT2D eigenvalue weighted by Crippen LogP contribution is -2.31. The van der Waals surface area contributed by atoms with Crippen molar-refractivity contribution in [2.75, 3.05) is 13.1 Å². The van der Waals surface area contributed by atoms with E-state index in [-0.39, 0.29) is 0 Å². The third-order valence-corrected chi connectivity index (χ3v) is 5.52. The highest BCUT2D eigenvalue weighted by molar-refractivity contribution is 6.42. The van der Waals surface area contributed by atoms with Gasteiger partial charge in [0.25, 0.3) is 0 Å². The normalized spacial score (nSPS) is 17.9. The Labute approximate surface area is 157 Å². The van der Waals surface area contributed by atoms with Crippen LogP contribution in [0.25, 0.3) is 0 Å². The van der Waals surface area contributed by atoms with E-state index in [1.165, 1.54) is 29.7 Å². The molecule has 4 nitrogen and oxygen atoms in total. The number of fused-ring (bicyclic) bond motifs is 1. The molecule has 0 radical (unpaired) electrons. The van der Waals surface area contributed by atoms with Crippen LogP contribution in [0.5, 0.6) is 0 Å². The molecule has 0 atom stereocenters. The van der Waals surface area contributed by atoms with Crippen LogP contribution in [0.1, 0.15) is 41.9 Å². The number of benzene rings is 1. The fraction of sp³-hybridized carbons (Fsp3) is 0.421. The molecule has 0 saturated carbocycles. The van der Waals surface area contributed by atoms with Gasteiger partial charge in [-0.15, -0.1) is 0 Å². The summed E-state index contributed by atoms with van der Waals surface area (Å²) in [4.78, 5) is 16.4. The molecule has 0 amide bonds. The molecule has 130 valence electrons. The van der Waals surface area contributed by atoms with Gasteiger partial charge in [-0.2, -0.15) is 0 Å². The fourth-order valence-corrected chi connectivity index (χ4v) is 3.75. The molecular weight excluding hydrogens is 355 g/mol. The zero-order chi connectivity index (χ0) is 17.2. The van der Waals surface area contributed by atoms with E-state index in [1.807, 2.05) is 24.4 Å². The molecule has 2 aromatic rings. The quantitative estimate of drug-likeness (QED) is 0.803. The Kier molecular flexibility index (Phi) is 5.02. The minimum Gasteiger partial charge on any atom is -0.294 e. The second kappa shape index (κ2) is 7.40. The summed E-state index contributed by atoms with van der Waals surface area (Å²) in [6.07, 6.45) is 6.30. The van der Waals surface area contributed by atoms with Gasteiger partial charge in [0.15, 0.2) is 5.82 Å². The van der Waals surface area contributed by atoms with Gasteiger partial charge in [-0.3, -0.25) is 9.89 Å². The minimum absolute atomic E-state index is 0.598. The van der Waals surface area contributed by atoms with E-state index in [4.69, 9.17) is 28.2 Å². The second-order valence-electron chi connectivity index (χ2n) is 6.66. The second-order valence-corrected chi connectivity index (χ2v) is 7.47. The maximum absolute atomic E-state index is 6.12. The van der Waals surface area contributed by atoms with Crippen molar-refractivity contribution < 1.29 is 0 Å². The van der Waals surface area contributed by atoms with Gasteiger partial charge in [-0.25, -0.2) is 9.97 Å². The molecule has 0 aliphatic carbocycles. The largest absolute Gasteiger partial charge is 0.294 e. The maximum Gasteiger partial charge on any atom is 0.173 e. The molecular formula is C19H20Cl2N4. The summed E-state index contributed by atoms with van der Waals surface area (Å²) in [7, 11) is 0. The minimum atomic E-state index is 0.598. The molecule has 4 rings (SSSR count). The number of rotatable bonds is 3. The van der Waals surface area contributed by atoms with E-state index in [1.54, 1.807) is 0 Å². The van der Waals surface area contributed by atoms with Crippen molar-refractivity contribution in [3.8, 4) is 0 Å². The summed E-state index contributed by atoms with van der Waals surface area (Å²) in [5, 5.41) is 1.21. The molecule has 1 aromatic heterocycles. The lowest BCUT2D eigenvalue weighted by Gasteiger charge is -2.28. The van der Waals surface area contributed by atoms with E-state index < -0.39 is 0 Å². The van der Waals surface area contributed by atoms with Gasteiger partial charge in [-0.1, -0.05) is 29.3 Å². The summed E-state index contributed by atoms with van der Waals surface area (Å²) in [5.41, 5.74) is 4.63. The number of aromatic nitrogens is 2. The third kappa shape index (κ3) is 3.86. The summed E-state index contributed by atoms with van der Waals surface area (Å²) >= 11 is 12.1. The maximum atomic E-state index is 6.12. The molecule has 2 aliphatic rings. The first kappa shape index (κ1) is 17.0. The Morgan fingerprint density at radius 2 is 2.00 bits per heavy atom. The van der Waals surface area contributed by atoms with Crippen molar-refractivity contribution in [3.05, 3.63) is 57.1 Å². The van der Waals surface area contributed by atoms with Gasteiger partial charge >= 0.3 is 0 Å². The van der Waals surface area contributed by atoms with Gasteiger partial charge in [0.05, 0.1) is 21.5 Å². The van der Waals surface area contributed by atoms with E-state index >= 15 is 0 Å².